The number of rotatable bonds is 6. The predicted molar refractivity (Wildman–Crippen MR) is 110 cm³/mol. The summed E-state index contributed by atoms with van der Waals surface area (Å²) in [6, 6.07) is 9.99. The van der Waals surface area contributed by atoms with Crippen molar-refractivity contribution in [1.82, 2.24) is 14.8 Å². The Labute approximate surface area is 170 Å². The Morgan fingerprint density at radius 3 is 2.41 bits per heavy atom. The first-order valence-electron chi connectivity index (χ1n) is 9.57. The average Bonchev–Trinajstić information content (AvgIpc) is 2.78. The second-order valence-corrected chi connectivity index (χ2v) is 6.65. The molecule has 0 bridgehead atoms. The van der Waals surface area contributed by atoms with Crippen LogP contribution in [0.3, 0.4) is 0 Å². The van der Waals surface area contributed by atoms with E-state index >= 15 is 0 Å². The molecule has 1 N–H and O–H groups in total. The molecule has 0 unspecified atom stereocenters. The van der Waals surface area contributed by atoms with Gasteiger partial charge in [-0.3, -0.25) is 9.59 Å². The molecule has 3 rings (SSSR count). The second kappa shape index (κ2) is 9.38. The highest BCUT2D eigenvalue weighted by Gasteiger charge is 2.23. The summed E-state index contributed by atoms with van der Waals surface area (Å²) >= 11 is 0. The van der Waals surface area contributed by atoms with Crippen molar-refractivity contribution in [1.29, 1.82) is 0 Å². The number of aromatic nitrogens is 1. The molecule has 0 aliphatic carbocycles. The maximum atomic E-state index is 12.8. The minimum absolute atomic E-state index is 0.158. The van der Waals surface area contributed by atoms with Crippen molar-refractivity contribution in [2.45, 2.75) is 6.92 Å². The van der Waals surface area contributed by atoms with Crippen molar-refractivity contribution in [3.63, 3.8) is 0 Å². The van der Waals surface area contributed by atoms with Crippen LogP contribution in [0.2, 0.25) is 0 Å². The first kappa shape index (κ1) is 20.6. The fourth-order valence-electron chi connectivity index (χ4n) is 3.21. The van der Waals surface area contributed by atoms with Crippen LogP contribution in [0.4, 0.5) is 5.69 Å². The van der Waals surface area contributed by atoms with Crippen LogP contribution in [0.25, 0.3) is 0 Å². The van der Waals surface area contributed by atoms with Gasteiger partial charge in [-0.25, -0.2) is 4.98 Å². The number of hydrogen-bond acceptors (Lipinski definition) is 6. The van der Waals surface area contributed by atoms with Crippen molar-refractivity contribution >= 4 is 17.5 Å². The minimum Gasteiger partial charge on any atom is -0.497 e. The Morgan fingerprint density at radius 1 is 1.03 bits per heavy atom. The number of hydrogen-bond donors (Lipinski definition) is 1. The zero-order valence-corrected chi connectivity index (χ0v) is 17.0. The van der Waals surface area contributed by atoms with E-state index in [2.05, 4.69) is 22.1 Å². The highest BCUT2D eigenvalue weighted by Crippen LogP contribution is 2.29. The molecule has 1 aliphatic heterocycles. The molecular weight excluding hydrogens is 372 g/mol. The molecule has 2 amide bonds. The van der Waals surface area contributed by atoms with E-state index in [0.29, 0.717) is 30.3 Å². The van der Waals surface area contributed by atoms with Gasteiger partial charge in [-0.1, -0.05) is 13.0 Å². The number of ether oxygens (including phenoxy) is 2. The van der Waals surface area contributed by atoms with Crippen molar-refractivity contribution < 1.29 is 19.1 Å². The lowest BCUT2D eigenvalue weighted by Crippen LogP contribution is -2.48. The quantitative estimate of drug-likeness (QED) is 0.803. The number of carbonyl (C=O) groups is 2. The van der Waals surface area contributed by atoms with Crippen LogP contribution in [0.1, 0.15) is 27.9 Å². The van der Waals surface area contributed by atoms with Gasteiger partial charge in [-0.15, -0.1) is 0 Å². The van der Waals surface area contributed by atoms with E-state index in [9.17, 15) is 9.59 Å². The average molecular weight is 398 g/mol. The molecule has 8 heteroatoms. The van der Waals surface area contributed by atoms with Crippen LogP contribution in [0, 0.1) is 0 Å². The van der Waals surface area contributed by atoms with E-state index < -0.39 is 5.91 Å². The molecule has 0 saturated carbocycles. The van der Waals surface area contributed by atoms with Gasteiger partial charge in [0, 0.05) is 32.2 Å². The number of pyridine rings is 1. The number of amides is 2. The lowest BCUT2D eigenvalue weighted by molar-refractivity contribution is 0.0637. The lowest BCUT2D eigenvalue weighted by Gasteiger charge is -2.33. The number of benzene rings is 1. The Hall–Kier alpha value is -3.13. The Bertz CT molecular complexity index is 879. The fourth-order valence-corrected chi connectivity index (χ4v) is 3.21. The standard InChI is InChI=1S/C21H26N4O4/c1-4-24-10-12-25(13-11-24)21(27)17-7-5-6-16(22-17)20(26)23-18-14-15(28-2)8-9-19(18)29-3/h5-9,14H,4,10-13H2,1-3H3,(H,23,26). The van der Waals surface area contributed by atoms with Crippen LogP contribution in [0.15, 0.2) is 36.4 Å². The summed E-state index contributed by atoms with van der Waals surface area (Å²) in [7, 11) is 3.07. The summed E-state index contributed by atoms with van der Waals surface area (Å²) in [4.78, 5) is 33.9. The van der Waals surface area contributed by atoms with E-state index in [1.165, 1.54) is 7.11 Å². The zero-order chi connectivity index (χ0) is 20.8. The smallest absolute Gasteiger partial charge is 0.274 e. The molecule has 1 aromatic heterocycles. The number of nitrogens with one attached hydrogen (secondary N) is 1. The van der Waals surface area contributed by atoms with Gasteiger partial charge in [0.25, 0.3) is 11.8 Å². The van der Waals surface area contributed by atoms with E-state index in [1.807, 2.05) is 0 Å². The van der Waals surface area contributed by atoms with Gasteiger partial charge in [0.1, 0.15) is 22.9 Å². The summed E-state index contributed by atoms with van der Waals surface area (Å²) in [5.74, 6) is 0.501. The van der Waals surface area contributed by atoms with Gasteiger partial charge < -0.3 is 24.6 Å². The van der Waals surface area contributed by atoms with Crippen LogP contribution in [0.5, 0.6) is 11.5 Å². The molecule has 0 radical (unpaired) electrons. The van der Waals surface area contributed by atoms with Crippen molar-refractivity contribution in [3.8, 4) is 11.5 Å². The molecule has 0 atom stereocenters. The second-order valence-electron chi connectivity index (χ2n) is 6.65. The minimum atomic E-state index is -0.429. The fraction of sp³-hybridized carbons (Fsp3) is 0.381. The van der Waals surface area contributed by atoms with Gasteiger partial charge in [0.2, 0.25) is 0 Å². The first-order chi connectivity index (χ1) is 14.0. The summed E-state index contributed by atoms with van der Waals surface area (Å²) in [5, 5.41) is 2.77. The van der Waals surface area contributed by atoms with Crippen LogP contribution < -0.4 is 14.8 Å². The molecule has 2 heterocycles. The highest BCUT2D eigenvalue weighted by molar-refractivity contribution is 6.04. The van der Waals surface area contributed by atoms with Gasteiger partial charge >= 0.3 is 0 Å². The lowest BCUT2D eigenvalue weighted by atomic mass is 10.2. The summed E-state index contributed by atoms with van der Waals surface area (Å²) < 4.78 is 10.5. The maximum absolute atomic E-state index is 12.8. The van der Waals surface area contributed by atoms with Gasteiger partial charge in [0.05, 0.1) is 19.9 Å². The van der Waals surface area contributed by atoms with E-state index in [4.69, 9.17) is 9.47 Å². The number of nitrogens with zero attached hydrogens (tertiary/aromatic N) is 3. The third-order valence-electron chi connectivity index (χ3n) is 4.96. The van der Waals surface area contributed by atoms with Gasteiger partial charge in [0.15, 0.2) is 0 Å². The maximum Gasteiger partial charge on any atom is 0.274 e. The topological polar surface area (TPSA) is 84.0 Å². The molecular formula is C21H26N4O4. The van der Waals surface area contributed by atoms with Crippen LogP contribution in [-0.4, -0.2) is 73.5 Å². The monoisotopic (exact) mass is 398 g/mol. The molecule has 8 nitrogen and oxygen atoms in total. The largest absolute Gasteiger partial charge is 0.497 e. The first-order valence-corrected chi connectivity index (χ1v) is 9.57. The molecule has 1 fully saturated rings. The SMILES string of the molecule is CCN1CCN(C(=O)c2cccc(C(=O)Nc3cc(OC)ccc3OC)n2)CC1. The number of methoxy groups -OCH3 is 2. The number of carbonyl (C=O) groups excluding carboxylic acids is 2. The predicted octanol–water partition coefficient (Wildman–Crippen LogP) is 2.13. The van der Waals surface area contributed by atoms with Crippen molar-refractivity contribution in [2.24, 2.45) is 0 Å². The van der Waals surface area contributed by atoms with Crippen molar-refractivity contribution in [3.05, 3.63) is 47.8 Å². The van der Waals surface area contributed by atoms with E-state index in [-0.39, 0.29) is 17.3 Å². The Balaban J connectivity index is 1.74. The molecule has 1 aromatic carbocycles. The number of anilines is 1. The Kier molecular flexibility index (Phi) is 6.66. The number of piperazine rings is 1. The third kappa shape index (κ3) is 4.83. The Morgan fingerprint density at radius 2 is 1.76 bits per heavy atom. The number of likely N-dealkylation sites (N-methyl/N-ethyl adjacent to an activating group) is 1. The zero-order valence-electron chi connectivity index (χ0n) is 17.0. The van der Waals surface area contributed by atoms with Crippen LogP contribution >= 0.6 is 0 Å². The molecule has 1 aliphatic rings. The van der Waals surface area contributed by atoms with E-state index in [1.54, 1.807) is 48.4 Å². The molecule has 0 spiro atoms. The normalized spacial score (nSPS) is 14.4. The summed E-state index contributed by atoms with van der Waals surface area (Å²) in [6.07, 6.45) is 0. The van der Waals surface area contributed by atoms with E-state index in [0.717, 1.165) is 19.6 Å². The molecule has 1 saturated heterocycles. The summed E-state index contributed by atoms with van der Waals surface area (Å²) in [6.45, 7) is 6.09. The van der Waals surface area contributed by atoms with Gasteiger partial charge in [-0.2, -0.15) is 0 Å². The molecule has 29 heavy (non-hydrogen) atoms. The molecule has 2 aromatic rings. The molecule has 154 valence electrons. The van der Waals surface area contributed by atoms with Gasteiger partial charge in [-0.05, 0) is 30.8 Å². The summed E-state index contributed by atoms with van der Waals surface area (Å²) in [5.41, 5.74) is 0.888. The van der Waals surface area contributed by atoms with Crippen LogP contribution in [-0.2, 0) is 0 Å². The third-order valence-corrected chi connectivity index (χ3v) is 4.96. The van der Waals surface area contributed by atoms with Crippen molar-refractivity contribution in [2.75, 3.05) is 52.3 Å². The highest BCUT2D eigenvalue weighted by atomic mass is 16.5.